The molecule has 0 bridgehead atoms. The van der Waals surface area contributed by atoms with Crippen molar-refractivity contribution in [1.29, 1.82) is 0 Å². The molecule has 1 saturated heterocycles. The molecule has 4 heteroatoms. The first-order valence-electron chi connectivity index (χ1n) is 8.19. The SMILES string of the molecule is Cc1nc(C)c(C(=O)N2CC3(CCCCC3)[C@H]2C(C)C)o1. The highest BCUT2D eigenvalue weighted by atomic mass is 16.4. The highest BCUT2D eigenvalue weighted by Gasteiger charge is 2.55. The molecule has 1 amide bonds. The molecule has 0 aromatic carbocycles. The van der Waals surface area contributed by atoms with E-state index in [2.05, 4.69) is 18.8 Å². The van der Waals surface area contributed by atoms with Gasteiger partial charge in [-0.15, -0.1) is 0 Å². The lowest BCUT2D eigenvalue weighted by Crippen LogP contribution is -2.68. The van der Waals surface area contributed by atoms with Crippen LogP contribution in [0.5, 0.6) is 0 Å². The van der Waals surface area contributed by atoms with Crippen LogP contribution in [0, 0.1) is 25.2 Å². The molecule has 1 aliphatic carbocycles. The van der Waals surface area contributed by atoms with Gasteiger partial charge in [0.1, 0.15) is 0 Å². The summed E-state index contributed by atoms with van der Waals surface area (Å²) in [7, 11) is 0. The molecular weight excluding hydrogens is 264 g/mol. The lowest BCUT2D eigenvalue weighted by Gasteiger charge is -2.61. The van der Waals surface area contributed by atoms with E-state index in [-0.39, 0.29) is 5.91 Å². The Hall–Kier alpha value is -1.32. The van der Waals surface area contributed by atoms with E-state index < -0.39 is 0 Å². The summed E-state index contributed by atoms with van der Waals surface area (Å²) in [6, 6.07) is 0.357. The van der Waals surface area contributed by atoms with Crippen molar-refractivity contribution < 1.29 is 9.21 Å². The molecule has 3 rings (SSSR count). The number of carbonyl (C=O) groups excluding carboxylic acids is 1. The Kier molecular flexibility index (Phi) is 3.58. The van der Waals surface area contributed by atoms with Crippen molar-refractivity contribution in [3.8, 4) is 0 Å². The largest absolute Gasteiger partial charge is 0.436 e. The Morgan fingerprint density at radius 3 is 2.48 bits per heavy atom. The summed E-state index contributed by atoms with van der Waals surface area (Å²) in [5.41, 5.74) is 1.08. The van der Waals surface area contributed by atoms with Crippen LogP contribution in [0.1, 0.15) is 68.1 Å². The summed E-state index contributed by atoms with van der Waals surface area (Å²) in [4.78, 5) is 19.1. The van der Waals surface area contributed by atoms with Gasteiger partial charge in [-0.3, -0.25) is 4.79 Å². The minimum atomic E-state index is 0.0306. The molecule has 1 saturated carbocycles. The molecule has 0 radical (unpaired) electrons. The van der Waals surface area contributed by atoms with E-state index in [0.29, 0.717) is 34.7 Å². The van der Waals surface area contributed by atoms with E-state index in [1.165, 1.54) is 32.1 Å². The average Bonchev–Trinajstić information content (AvgIpc) is 2.75. The number of hydrogen-bond donors (Lipinski definition) is 0. The zero-order chi connectivity index (χ0) is 15.2. The predicted molar refractivity (Wildman–Crippen MR) is 81.2 cm³/mol. The van der Waals surface area contributed by atoms with Gasteiger partial charge in [-0.2, -0.15) is 0 Å². The Morgan fingerprint density at radius 1 is 1.29 bits per heavy atom. The molecular formula is C17H26N2O2. The van der Waals surface area contributed by atoms with Gasteiger partial charge in [0.15, 0.2) is 5.89 Å². The van der Waals surface area contributed by atoms with Gasteiger partial charge in [-0.1, -0.05) is 33.1 Å². The molecule has 21 heavy (non-hydrogen) atoms. The van der Waals surface area contributed by atoms with Crippen molar-refractivity contribution in [2.75, 3.05) is 6.54 Å². The predicted octanol–water partition coefficient (Wildman–Crippen LogP) is 3.72. The van der Waals surface area contributed by atoms with Crippen LogP contribution in [0.2, 0.25) is 0 Å². The maximum absolute atomic E-state index is 12.8. The molecule has 0 unspecified atom stereocenters. The minimum absolute atomic E-state index is 0.0306. The summed E-state index contributed by atoms with van der Waals surface area (Å²) in [6.07, 6.45) is 6.51. The normalized spacial score (nSPS) is 24.4. The number of amides is 1. The number of oxazole rings is 1. The van der Waals surface area contributed by atoms with Crippen molar-refractivity contribution in [3.63, 3.8) is 0 Å². The molecule has 2 aliphatic rings. The molecule has 1 atom stereocenters. The first-order chi connectivity index (χ1) is 9.94. The Labute approximate surface area is 126 Å². The van der Waals surface area contributed by atoms with Gasteiger partial charge in [0.05, 0.1) is 5.69 Å². The maximum atomic E-state index is 12.8. The van der Waals surface area contributed by atoms with E-state index >= 15 is 0 Å². The van der Waals surface area contributed by atoms with Gasteiger partial charge in [-0.25, -0.2) is 4.98 Å². The van der Waals surface area contributed by atoms with Gasteiger partial charge in [0.2, 0.25) is 5.76 Å². The first-order valence-corrected chi connectivity index (χ1v) is 8.19. The van der Waals surface area contributed by atoms with Gasteiger partial charge in [-0.05, 0) is 25.7 Å². The number of carbonyl (C=O) groups is 1. The summed E-state index contributed by atoms with van der Waals surface area (Å²) in [6.45, 7) is 9.01. The van der Waals surface area contributed by atoms with Gasteiger partial charge < -0.3 is 9.32 Å². The highest BCUT2D eigenvalue weighted by molar-refractivity contribution is 5.93. The molecule has 2 fully saturated rings. The topological polar surface area (TPSA) is 46.3 Å². The van der Waals surface area contributed by atoms with Crippen LogP contribution in [-0.4, -0.2) is 28.4 Å². The van der Waals surface area contributed by atoms with Crippen molar-refractivity contribution in [2.45, 2.75) is 65.8 Å². The lowest BCUT2D eigenvalue weighted by atomic mass is 9.60. The van der Waals surface area contributed by atoms with Crippen LogP contribution in [0.25, 0.3) is 0 Å². The molecule has 0 N–H and O–H groups in total. The zero-order valence-electron chi connectivity index (χ0n) is 13.6. The van der Waals surface area contributed by atoms with Crippen LogP contribution in [0.4, 0.5) is 0 Å². The fourth-order valence-corrected chi connectivity index (χ4v) is 4.58. The molecule has 116 valence electrons. The first kappa shape index (κ1) is 14.6. The van der Waals surface area contributed by atoms with Crippen molar-refractivity contribution in [1.82, 2.24) is 9.88 Å². The van der Waals surface area contributed by atoms with E-state index in [4.69, 9.17) is 4.42 Å². The monoisotopic (exact) mass is 290 g/mol. The number of hydrogen-bond acceptors (Lipinski definition) is 3. The van der Waals surface area contributed by atoms with Crippen LogP contribution in [0.3, 0.4) is 0 Å². The third kappa shape index (κ3) is 2.29. The second kappa shape index (κ2) is 5.15. The number of rotatable bonds is 2. The quantitative estimate of drug-likeness (QED) is 0.834. The highest BCUT2D eigenvalue weighted by Crippen LogP contribution is 2.51. The van der Waals surface area contributed by atoms with Crippen LogP contribution >= 0.6 is 0 Å². The smallest absolute Gasteiger partial charge is 0.291 e. The van der Waals surface area contributed by atoms with E-state index in [0.717, 1.165) is 6.54 Å². The summed E-state index contributed by atoms with van der Waals surface area (Å²) < 4.78 is 5.53. The molecule has 1 spiro atoms. The number of likely N-dealkylation sites (tertiary alicyclic amines) is 1. The fourth-order valence-electron chi connectivity index (χ4n) is 4.58. The van der Waals surface area contributed by atoms with Crippen molar-refractivity contribution >= 4 is 5.91 Å². The lowest BCUT2D eigenvalue weighted by molar-refractivity contribution is -0.0953. The zero-order valence-corrected chi connectivity index (χ0v) is 13.6. The molecule has 1 aliphatic heterocycles. The number of aryl methyl sites for hydroxylation is 2. The third-order valence-electron chi connectivity index (χ3n) is 5.29. The second-order valence-corrected chi connectivity index (χ2v) is 7.19. The van der Waals surface area contributed by atoms with E-state index in [1.54, 1.807) is 6.92 Å². The fraction of sp³-hybridized carbons (Fsp3) is 0.765. The maximum Gasteiger partial charge on any atom is 0.291 e. The van der Waals surface area contributed by atoms with Crippen LogP contribution < -0.4 is 0 Å². The molecule has 1 aromatic heterocycles. The van der Waals surface area contributed by atoms with E-state index in [1.807, 2.05) is 11.8 Å². The van der Waals surface area contributed by atoms with Crippen LogP contribution in [0.15, 0.2) is 4.42 Å². The van der Waals surface area contributed by atoms with Gasteiger partial charge >= 0.3 is 0 Å². The van der Waals surface area contributed by atoms with Crippen LogP contribution in [-0.2, 0) is 0 Å². The Bertz CT molecular complexity index is 541. The van der Waals surface area contributed by atoms with Crippen molar-refractivity contribution in [2.24, 2.45) is 11.3 Å². The number of nitrogens with zero attached hydrogens (tertiary/aromatic N) is 2. The second-order valence-electron chi connectivity index (χ2n) is 7.19. The Morgan fingerprint density at radius 2 is 1.95 bits per heavy atom. The van der Waals surface area contributed by atoms with E-state index in [9.17, 15) is 4.79 Å². The molecule has 4 nitrogen and oxygen atoms in total. The van der Waals surface area contributed by atoms with Gasteiger partial charge in [0.25, 0.3) is 5.91 Å². The van der Waals surface area contributed by atoms with Gasteiger partial charge in [0, 0.05) is 24.9 Å². The summed E-state index contributed by atoms with van der Waals surface area (Å²) in [5, 5.41) is 0. The molecule has 2 heterocycles. The minimum Gasteiger partial charge on any atom is -0.436 e. The Balaban J connectivity index is 1.83. The summed E-state index contributed by atoms with van der Waals surface area (Å²) >= 11 is 0. The standard InChI is InChI=1S/C17H26N2O2/c1-11(2)15-17(8-6-5-7-9-17)10-19(15)16(20)14-12(3)18-13(4)21-14/h11,15H,5-10H2,1-4H3/t15-/m1/s1. The average molecular weight is 290 g/mol. The summed E-state index contributed by atoms with van der Waals surface area (Å²) in [5.74, 6) is 1.53. The van der Waals surface area contributed by atoms with Crippen molar-refractivity contribution in [3.05, 3.63) is 17.3 Å². The number of aromatic nitrogens is 1. The third-order valence-corrected chi connectivity index (χ3v) is 5.29. The molecule has 1 aromatic rings.